The van der Waals surface area contributed by atoms with Crippen LogP contribution in [0.2, 0.25) is 0 Å². The number of nitrogens with zero attached hydrogens (tertiary/aromatic N) is 1. The van der Waals surface area contributed by atoms with Crippen LogP contribution in [0.1, 0.15) is 10.4 Å². The summed E-state index contributed by atoms with van der Waals surface area (Å²) in [6.45, 7) is 0. The lowest BCUT2D eigenvalue weighted by Gasteiger charge is -2.12. The molecule has 2 N–H and O–H groups in total. The van der Waals surface area contributed by atoms with Crippen molar-refractivity contribution in [3.05, 3.63) is 59.0 Å². The maximum atomic E-state index is 13.8. The lowest BCUT2D eigenvalue weighted by Crippen LogP contribution is -2.14. The second-order valence-corrected chi connectivity index (χ2v) is 6.14. The van der Waals surface area contributed by atoms with E-state index in [1.165, 1.54) is 18.4 Å². The third kappa shape index (κ3) is 3.65. The number of benzene rings is 2. The number of methoxy groups -OCH3 is 1. The molecule has 0 aliphatic rings. The molecule has 1 heterocycles. The number of amides is 1. The van der Waals surface area contributed by atoms with Gasteiger partial charge in [-0.1, -0.05) is 0 Å². The summed E-state index contributed by atoms with van der Waals surface area (Å²) in [7, 11) is 3.23. The van der Waals surface area contributed by atoms with Gasteiger partial charge in [0.05, 0.1) is 24.1 Å². The molecule has 0 unspecified atom stereocenters. The highest BCUT2D eigenvalue weighted by Crippen LogP contribution is 2.32. The Balaban J connectivity index is 1.94. The molecule has 0 radical (unpaired) electrons. The third-order valence-corrected chi connectivity index (χ3v) is 4.49. The molecule has 0 fully saturated rings. The molecule has 0 atom stereocenters. The zero-order valence-electron chi connectivity index (χ0n) is 14.0. The third-order valence-electron chi connectivity index (χ3n) is 3.63. The standard InChI is InChI=1S/C18H15F2N3O2S/c1-21-18-23-15(9-26-18)10-3-6-16(25-2)14(7-10)22-17(24)12-8-11(19)4-5-13(12)20/h3-9H,1-2H3,(H,21,23)(H,22,24). The van der Waals surface area contributed by atoms with Crippen molar-refractivity contribution in [1.82, 2.24) is 4.98 Å². The average molecular weight is 375 g/mol. The Labute approximate surface area is 152 Å². The van der Waals surface area contributed by atoms with E-state index in [0.717, 1.165) is 34.6 Å². The molecule has 26 heavy (non-hydrogen) atoms. The van der Waals surface area contributed by atoms with E-state index in [9.17, 15) is 13.6 Å². The number of rotatable bonds is 5. The van der Waals surface area contributed by atoms with Crippen molar-refractivity contribution >= 4 is 28.1 Å². The van der Waals surface area contributed by atoms with Crippen LogP contribution in [0.25, 0.3) is 11.3 Å². The van der Waals surface area contributed by atoms with Gasteiger partial charge in [0.15, 0.2) is 5.13 Å². The number of hydrogen-bond acceptors (Lipinski definition) is 5. The molecule has 8 heteroatoms. The molecule has 2 aromatic carbocycles. The quantitative estimate of drug-likeness (QED) is 0.694. The maximum absolute atomic E-state index is 13.8. The number of anilines is 2. The molecule has 0 bridgehead atoms. The van der Waals surface area contributed by atoms with Gasteiger partial charge in [-0.15, -0.1) is 11.3 Å². The molecule has 0 saturated carbocycles. The van der Waals surface area contributed by atoms with Crippen molar-refractivity contribution < 1.29 is 18.3 Å². The van der Waals surface area contributed by atoms with Gasteiger partial charge in [0.1, 0.15) is 17.4 Å². The topological polar surface area (TPSA) is 63.3 Å². The zero-order valence-corrected chi connectivity index (χ0v) is 14.8. The van der Waals surface area contributed by atoms with Crippen LogP contribution in [0.4, 0.5) is 19.6 Å². The monoisotopic (exact) mass is 375 g/mol. The highest BCUT2D eigenvalue weighted by Gasteiger charge is 2.16. The van der Waals surface area contributed by atoms with E-state index in [1.807, 2.05) is 5.38 Å². The minimum absolute atomic E-state index is 0.331. The summed E-state index contributed by atoms with van der Waals surface area (Å²) in [5.41, 5.74) is 1.41. The number of hydrogen-bond donors (Lipinski definition) is 2. The van der Waals surface area contributed by atoms with E-state index < -0.39 is 17.5 Å². The fourth-order valence-electron chi connectivity index (χ4n) is 2.35. The van der Waals surface area contributed by atoms with Gasteiger partial charge in [-0.25, -0.2) is 13.8 Å². The van der Waals surface area contributed by atoms with Crippen molar-refractivity contribution in [3.8, 4) is 17.0 Å². The molecule has 3 rings (SSSR count). The van der Waals surface area contributed by atoms with Crippen molar-refractivity contribution in [2.45, 2.75) is 0 Å². The minimum atomic E-state index is -0.808. The Bertz CT molecular complexity index is 959. The Hall–Kier alpha value is -3.00. The summed E-state index contributed by atoms with van der Waals surface area (Å²) in [4.78, 5) is 16.8. The molecule has 1 aromatic heterocycles. The van der Waals surface area contributed by atoms with Crippen LogP contribution in [-0.2, 0) is 0 Å². The molecule has 0 aliphatic heterocycles. The van der Waals surface area contributed by atoms with Crippen LogP contribution in [0.5, 0.6) is 5.75 Å². The highest BCUT2D eigenvalue weighted by molar-refractivity contribution is 7.14. The highest BCUT2D eigenvalue weighted by atomic mass is 32.1. The smallest absolute Gasteiger partial charge is 0.258 e. The van der Waals surface area contributed by atoms with Crippen molar-refractivity contribution in [3.63, 3.8) is 0 Å². The normalized spacial score (nSPS) is 10.5. The largest absolute Gasteiger partial charge is 0.495 e. The van der Waals surface area contributed by atoms with E-state index in [-0.39, 0.29) is 5.56 Å². The second-order valence-electron chi connectivity index (χ2n) is 5.28. The number of aromatic nitrogens is 1. The Morgan fingerprint density at radius 1 is 1.19 bits per heavy atom. The summed E-state index contributed by atoms with van der Waals surface area (Å²) in [6, 6.07) is 7.85. The fourth-order valence-corrected chi connectivity index (χ4v) is 3.03. The summed E-state index contributed by atoms with van der Waals surface area (Å²) >= 11 is 1.44. The van der Waals surface area contributed by atoms with Gasteiger partial charge in [-0.05, 0) is 36.4 Å². The summed E-state index contributed by atoms with van der Waals surface area (Å²) < 4.78 is 32.4. The molecule has 0 spiro atoms. The van der Waals surface area contributed by atoms with Crippen LogP contribution in [0.15, 0.2) is 41.8 Å². The van der Waals surface area contributed by atoms with Crippen molar-refractivity contribution in [2.24, 2.45) is 0 Å². The van der Waals surface area contributed by atoms with Gasteiger partial charge in [-0.2, -0.15) is 0 Å². The van der Waals surface area contributed by atoms with Gasteiger partial charge in [-0.3, -0.25) is 4.79 Å². The van der Waals surface area contributed by atoms with Crippen LogP contribution in [0, 0.1) is 11.6 Å². The number of halogens is 2. The first-order valence-electron chi connectivity index (χ1n) is 7.60. The molecule has 1 amide bonds. The van der Waals surface area contributed by atoms with Crippen molar-refractivity contribution in [2.75, 3.05) is 24.8 Å². The van der Waals surface area contributed by atoms with E-state index in [4.69, 9.17) is 4.74 Å². The molecule has 134 valence electrons. The van der Waals surface area contributed by atoms with E-state index in [2.05, 4.69) is 15.6 Å². The van der Waals surface area contributed by atoms with Gasteiger partial charge in [0.25, 0.3) is 5.91 Å². The van der Waals surface area contributed by atoms with E-state index in [1.54, 1.807) is 25.2 Å². The fraction of sp³-hybridized carbons (Fsp3) is 0.111. The van der Waals surface area contributed by atoms with Gasteiger partial charge in [0.2, 0.25) is 0 Å². The van der Waals surface area contributed by atoms with E-state index in [0.29, 0.717) is 11.4 Å². The van der Waals surface area contributed by atoms with Crippen LogP contribution in [0.3, 0.4) is 0 Å². The van der Waals surface area contributed by atoms with Gasteiger partial charge >= 0.3 is 0 Å². The summed E-state index contributed by atoms with van der Waals surface area (Å²) in [5.74, 6) is -1.88. The predicted octanol–water partition coefficient (Wildman–Crippen LogP) is 4.39. The number of nitrogens with one attached hydrogen (secondary N) is 2. The number of thiazole rings is 1. The lowest BCUT2D eigenvalue weighted by atomic mass is 10.1. The predicted molar refractivity (Wildman–Crippen MR) is 98.0 cm³/mol. The Kier molecular flexibility index (Phi) is 5.13. The van der Waals surface area contributed by atoms with Gasteiger partial charge < -0.3 is 15.4 Å². The lowest BCUT2D eigenvalue weighted by molar-refractivity contribution is 0.102. The Morgan fingerprint density at radius 2 is 2.00 bits per heavy atom. The number of carbonyl (C=O) groups excluding carboxylic acids is 1. The molecule has 0 saturated heterocycles. The van der Waals surface area contributed by atoms with E-state index >= 15 is 0 Å². The zero-order chi connectivity index (χ0) is 18.7. The molecule has 3 aromatic rings. The first-order valence-corrected chi connectivity index (χ1v) is 8.48. The molecule has 5 nitrogen and oxygen atoms in total. The first-order chi connectivity index (χ1) is 12.5. The van der Waals surface area contributed by atoms with Crippen LogP contribution < -0.4 is 15.4 Å². The number of carbonyl (C=O) groups is 1. The number of ether oxygens (including phenoxy) is 1. The molecular formula is C18H15F2N3O2S. The SMILES string of the molecule is CNc1nc(-c2ccc(OC)c(NC(=O)c3cc(F)ccc3F)c2)cs1. The summed E-state index contributed by atoms with van der Waals surface area (Å²) in [5, 5.41) is 8.14. The van der Waals surface area contributed by atoms with Crippen molar-refractivity contribution in [1.29, 1.82) is 0 Å². The second kappa shape index (κ2) is 7.49. The Morgan fingerprint density at radius 3 is 2.69 bits per heavy atom. The first kappa shape index (κ1) is 17.8. The van der Waals surface area contributed by atoms with Gasteiger partial charge in [0, 0.05) is 18.0 Å². The molecule has 0 aliphatic carbocycles. The average Bonchev–Trinajstić information content (AvgIpc) is 3.13. The summed E-state index contributed by atoms with van der Waals surface area (Å²) in [6.07, 6.45) is 0. The minimum Gasteiger partial charge on any atom is -0.495 e. The van der Waals surface area contributed by atoms with Crippen LogP contribution in [-0.4, -0.2) is 25.0 Å². The maximum Gasteiger partial charge on any atom is 0.258 e. The molecular weight excluding hydrogens is 360 g/mol. The van der Waals surface area contributed by atoms with Crippen LogP contribution >= 0.6 is 11.3 Å².